The van der Waals surface area contributed by atoms with Gasteiger partial charge in [-0.15, -0.1) is 0 Å². The van der Waals surface area contributed by atoms with Gasteiger partial charge in [0.1, 0.15) is 10.7 Å². The van der Waals surface area contributed by atoms with Crippen molar-refractivity contribution in [1.82, 2.24) is 19.9 Å². The van der Waals surface area contributed by atoms with Crippen molar-refractivity contribution < 1.29 is 4.79 Å². The van der Waals surface area contributed by atoms with Crippen LogP contribution in [0.1, 0.15) is 35.8 Å². The highest BCUT2D eigenvalue weighted by Crippen LogP contribution is 2.32. The molecule has 0 spiro atoms. The average Bonchev–Trinajstić information content (AvgIpc) is 3.09. The first kappa shape index (κ1) is 12.4. The molecule has 100 valence electrons. The standard InChI is InChI=1S/C13H15ClN4O/c1-7-5-11(14)17-12-10(6-15-18(7)12)13(19)16-8(2)9-3-4-9/h5-6,8-9H,3-4H2,1-2H3,(H,16,19)/t8-/m0/s1. The molecule has 0 bridgehead atoms. The van der Waals surface area contributed by atoms with Crippen molar-refractivity contribution in [3.05, 3.63) is 28.7 Å². The molecule has 5 nitrogen and oxygen atoms in total. The zero-order chi connectivity index (χ0) is 13.6. The van der Waals surface area contributed by atoms with Gasteiger partial charge in [-0.05, 0) is 38.7 Å². The van der Waals surface area contributed by atoms with Gasteiger partial charge in [0.2, 0.25) is 0 Å². The molecule has 1 saturated carbocycles. The highest BCUT2D eigenvalue weighted by atomic mass is 35.5. The summed E-state index contributed by atoms with van der Waals surface area (Å²) in [7, 11) is 0. The normalized spacial score (nSPS) is 16.6. The lowest BCUT2D eigenvalue weighted by Gasteiger charge is -2.11. The van der Waals surface area contributed by atoms with E-state index in [1.54, 1.807) is 16.8 Å². The van der Waals surface area contributed by atoms with Crippen molar-refractivity contribution in [3.63, 3.8) is 0 Å². The zero-order valence-corrected chi connectivity index (χ0v) is 11.6. The van der Waals surface area contributed by atoms with E-state index >= 15 is 0 Å². The zero-order valence-electron chi connectivity index (χ0n) is 10.9. The predicted octanol–water partition coefficient (Wildman–Crippen LogP) is 2.22. The molecular weight excluding hydrogens is 264 g/mol. The number of fused-ring (bicyclic) bond motifs is 1. The molecule has 0 aromatic carbocycles. The fourth-order valence-electron chi connectivity index (χ4n) is 2.23. The Balaban J connectivity index is 1.93. The van der Waals surface area contributed by atoms with Gasteiger partial charge in [-0.1, -0.05) is 11.6 Å². The number of nitrogens with one attached hydrogen (secondary N) is 1. The fourth-order valence-corrected chi connectivity index (χ4v) is 2.47. The van der Waals surface area contributed by atoms with Crippen LogP contribution in [0.15, 0.2) is 12.3 Å². The van der Waals surface area contributed by atoms with E-state index in [4.69, 9.17) is 11.6 Å². The van der Waals surface area contributed by atoms with Crippen molar-refractivity contribution >= 4 is 23.2 Å². The molecule has 1 N–H and O–H groups in total. The maximum Gasteiger partial charge on any atom is 0.256 e. The fraction of sp³-hybridized carbons (Fsp3) is 0.462. The van der Waals surface area contributed by atoms with Crippen LogP contribution in [-0.2, 0) is 0 Å². The molecule has 2 heterocycles. The SMILES string of the molecule is Cc1cc(Cl)nc2c(C(=O)N[C@@H](C)C3CC3)cnn12. The number of aryl methyl sites for hydroxylation is 1. The van der Waals surface area contributed by atoms with E-state index in [0.29, 0.717) is 22.3 Å². The monoisotopic (exact) mass is 278 g/mol. The molecule has 0 unspecified atom stereocenters. The number of nitrogens with zero attached hydrogens (tertiary/aromatic N) is 3. The molecule has 3 rings (SSSR count). The van der Waals surface area contributed by atoms with Crippen LogP contribution in [0.4, 0.5) is 0 Å². The van der Waals surface area contributed by atoms with Gasteiger partial charge in [-0.2, -0.15) is 5.10 Å². The van der Waals surface area contributed by atoms with Crippen LogP contribution in [0.25, 0.3) is 5.65 Å². The molecule has 2 aromatic heterocycles. The summed E-state index contributed by atoms with van der Waals surface area (Å²) in [6, 6.07) is 1.92. The Labute approximate surface area is 116 Å². The first-order chi connectivity index (χ1) is 9.06. The van der Waals surface area contributed by atoms with Crippen molar-refractivity contribution in [3.8, 4) is 0 Å². The molecule has 1 atom stereocenters. The van der Waals surface area contributed by atoms with Crippen LogP contribution in [-0.4, -0.2) is 26.5 Å². The Morgan fingerprint density at radius 2 is 2.32 bits per heavy atom. The third kappa shape index (κ3) is 2.30. The van der Waals surface area contributed by atoms with Crippen LogP contribution >= 0.6 is 11.6 Å². The summed E-state index contributed by atoms with van der Waals surface area (Å²) in [4.78, 5) is 16.4. The molecule has 1 aliphatic rings. The molecule has 0 aliphatic heterocycles. The summed E-state index contributed by atoms with van der Waals surface area (Å²) in [6.07, 6.45) is 3.93. The summed E-state index contributed by atoms with van der Waals surface area (Å²) in [5.74, 6) is 0.479. The minimum Gasteiger partial charge on any atom is -0.349 e. The number of halogens is 1. The Morgan fingerprint density at radius 1 is 1.58 bits per heavy atom. The molecule has 0 saturated heterocycles. The molecule has 19 heavy (non-hydrogen) atoms. The summed E-state index contributed by atoms with van der Waals surface area (Å²) >= 11 is 5.94. The van der Waals surface area contributed by atoms with E-state index < -0.39 is 0 Å². The van der Waals surface area contributed by atoms with Crippen molar-refractivity contribution in [2.75, 3.05) is 0 Å². The number of hydrogen-bond donors (Lipinski definition) is 1. The average molecular weight is 279 g/mol. The topological polar surface area (TPSA) is 59.3 Å². The van der Waals surface area contributed by atoms with E-state index in [1.807, 2.05) is 13.8 Å². The minimum atomic E-state index is -0.136. The molecular formula is C13H15ClN4O. The van der Waals surface area contributed by atoms with Crippen LogP contribution in [0.5, 0.6) is 0 Å². The van der Waals surface area contributed by atoms with Crippen molar-refractivity contribution in [1.29, 1.82) is 0 Å². The van der Waals surface area contributed by atoms with Crippen LogP contribution in [0.3, 0.4) is 0 Å². The van der Waals surface area contributed by atoms with Crippen LogP contribution in [0.2, 0.25) is 5.15 Å². The number of amides is 1. The predicted molar refractivity (Wildman–Crippen MR) is 72.4 cm³/mol. The largest absolute Gasteiger partial charge is 0.349 e. The summed E-state index contributed by atoms with van der Waals surface area (Å²) < 4.78 is 1.63. The number of carbonyl (C=O) groups excluding carboxylic acids is 1. The van der Waals surface area contributed by atoms with Gasteiger partial charge < -0.3 is 5.32 Å². The third-order valence-electron chi connectivity index (χ3n) is 3.55. The molecule has 6 heteroatoms. The molecule has 1 aliphatic carbocycles. The van der Waals surface area contributed by atoms with E-state index in [9.17, 15) is 4.79 Å². The Hall–Kier alpha value is -1.62. The maximum absolute atomic E-state index is 12.2. The summed E-state index contributed by atoms with van der Waals surface area (Å²) in [5, 5.41) is 7.55. The highest BCUT2D eigenvalue weighted by Gasteiger charge is 2.29. The molecule has 0 radical (unpaired) electrons. The Bertz CT molecular complexity index is 647. The first-order valence-corrected chi connectivity index (χ1v) is 6.76. The number of rotatable bonds is 3. The van der Waals surface area contributed by atoms with Gasteiger partial charge in [0.05, 0.1) is 6.20 Å². The number of aromatic nitrogens is 3. The van der Waals surface area contributed by atoms with E-state index in [-0.39, 0.29) is 11.9 Å². The lowest BCUT2D eigenvalue weighted by atomic mass is 10.2. The summed E-state index contributed by atoms with van der Waals surface area (Å²) in [5.41, 5.74) is 1.83. The Kier molecular flexibility index (Phi) is 2.93. The minimum absolute atomic E-state index is 0.136. The van der Waals surface area contributed by atoms with Gasteiger partial charge in [0.25, 0.3) is 5.91 Å². The van der Waals surface area contributed by atoms with Crippen molar-refractivity contribution in [2.45, 2.75) is 32.7 Å². The smallest absolute Gasteiger partial charge is 0.256 e. The van der Waals surface area contributed by atoms with E-state index in [0.717, 1.165) is 5.69 Å². The second kappa shape index (κ2) is 4.49. The van der Waals surface area contributed by atoms with Crippen molar-refractivity contribution in [2.24, 2.45) is 5.92 Å². The van der Waals surface area contributed by atoms with E-state index in [2.05, 4.69) is 15.4 Å². The van der Waals surface area contributed by atoms with Gasteiger partial charge in [-0.3, -0.25) is 4.79 Å². The number of carbonyl (C=O) groups is 1. The molecule has 1 amide bonds. The highest BCUT2D eigenvalue weighted by molar-refractivity contribution is 6.29. The first-order valence-electron chi connectivity index (χ1n) is 6.38. The maximum atomic E-state index is 12.2. The summed E-state index contributed by atoms with van der Waals surface area (Å²) in [6.45, 7) is 3.91. The molecule has 2 aromatic rings. The molecule has 1 fully saturated rings. The second-order valence-corrected chi connectivity index (χ2v) is 5.50. The Morgan fingerprint density at radius 3 is 3.00 bits per heavy atom. The lowest BCUT2D eigenvalue weighted by molar-refractivity contribution is 0.0937. The third-order valence-corrected chi connectivity index (χ3v) is 3.74. The van der Waals surface area contributed by atoms with E-state index in [1.165, 1.54) is 12.8 Å². The van der Waals surface area contributed by atoms with Gasteiger partial charge in [0.15, 0.2) is 5.65 Å². The number of hydrogen-bond acceptors (Lipinski definition) is 3. The van der Waals surface area contributed by atoms with Gasteiger partial charge in [-0.25, -0.2) is 9.50 Å². The van der Waals surface area contributed by atoms with Gasteiger partial charge >= 0.3 is 0 Å². The second-order valence-electron chi connectivity index (χ2n) is 5.11. The van der Waals surface area contributed by atoms with Gasteiger partial charge in [0, 0.05) is 11.7 Å². The quantitative estimate of drug-likeness (QED) is 0.876. The van der Waals surface area contributed by atoms with Crippen LogP contribution in [0, 0.1) is 12.8 Å². The van der Waals surface area contributed by atoms with Crippen LogP contribution < -0.4 is 5.32 Å². The lowest BCUT2D eigenvalue weighted by Crippen LogP contribution is -2.34.